The van der Waals surface area contributed by atoms with E-state index in [-0.39, 0.29) is 11.6 Å². The van der Waals surface area contributed by atoms with Gasteiger partial charge in [0.05, 0.1) is 5.69 Å². The van der Waals surface area contributed by atoms with Crippen LogP contribution in [0.25, 0.3) is 15.5 Å². The molecule has 0 saturated carbocycles. The number of hydrogen-bond acceptors (Lipinski definition) is 6. The number of rotatable bonds is 4. The number of aromatic nitrogens is 3. The van der Waals surface area contributed by atoms with Gasteiger partial charge in [-0.05, 0) is 26.0 Å². The van der Waals surface area contributed by atoms with E-state index in [4.69, 9.17) is 4.98 Å². The van der Waals surface area contributed by atoms with Crippen LogP contribution < -0.4 is 10.9 Å². The second kappa shape index (κ2) is 9.36. The van der Waals surface area contributed by atoms with Gasteiger partial charge in [-0.1, -0.05) is 58.9 Å². The van der Waals surface area contributed by atoms with E-state index in [1.807, 2.05) is 67.3 Å². The molecule has 0 bridgehead atoms. The van der Waals surface area contributed by atoms with Crippen LogP contribution in [-0.4, -0.2) is 56.6 Å². The number of aryl methyl sites for hydroxylation is 2. The van der Waals surface area contributed by atoms with E-state index in [1.165, 1.54) is 21.4 Å². The quantitative estimate of drug-likeness (QED) is 0.487. The first-order valence-corrected chi connectivity index (χ1v) is 12.1. The Kier molecular flexibility index (Phi) is 6.12. The molecular weight excluding hydrogens is 448 g/mol. The number of anilines is 1. The molecule has 2 aromatic carbocycles. The van der Waals surface area contributed by atoms with Crippen LogP contribution in [0.5, 0.6) is 0 Å². The molecule has 1 fully saturated rings. The van der Waals surface area contributed by atoms with Gasteiger partial charge in [0, 0.05) is 50.0 Å². The molecule has 2 aromatic heterocycles. The topological polar surface area (TPSA) is 82.8 Å². The minimum atomic E-state index is -0.175. The van der Waals surface area contributed by atoms with Crippen LogP contribution in [0, 0.1) is 13.8 Å². The molecular formula is C25H26N6O2S. The van der Waals surface area contributed by atoms with Gasteiger partial charge in [-0.15, -0.1) is 0 Å². The number of carbonyl (C=O) groups excluding carboxylic acids is 1. The highest BCUT2D eigenvalue weighted by molar-refractivity contribution is 7.19. The number of benzene rings is 2. The Labute approximate surface area is 201 Å². The van der Waals surface area contributed by atoms with Crippen LogP contribution in [0.3, 0.4) is 0 Å². The van der Waals surface area contributed by atoms with Gasteiger partial charge in [0.25, 0.3) is 5.56 Å². The third kappa shape index (κ3) is 4.85. The summed E-state index contributed by atoms with van der Waals surface area (Å²) in [6, 6.07) is 17.3. The number of amides is 2. The van der Waals surface area contributed by atoms with Crippen molar-refractivity contribution < 1.29 is 4.79 Å². The van der Waals surface area contributed by atoms with Crippen LogP contribution in [0.2, 0.25) is 0 Å². The number of nitrogens with zero attached hydrogens (tertiary/aromatic N) is 5. The summed E-state index contributed by atoms with van der Waals surface area (Å²) in [5.74, 6) is 0. The first-order valence-electron chi connectivity index (χ1n) is 11.3. The highest BCUT2D eigenvalue weighted by atomic mass is 32.1. The van der Waals surface area contributed by atoms with E-state index in [2.05, 4.69) is 15.3 Å². The Morgan fingerprint density at radius 2 is 1.62 bits per heavy atom. The molecule has 4 aromatic rings. The summed E-state index contributed by atoms with van der Waals surface area (Å²) >= 11 is 1.41. The number of fused-ring (bicyclic) bond motifs is 1. The van der Waals surface area contributed by atoms with Gasteiger partial charge in [-0.25, -0.2) is 9.78 Å². The monoisotopic (exact) mass is 474 g/mol. The normalized spacial score (nSPS) is 14.5. The van der Waals surface area contributed by atoms with E-state index < -0.39 is 0 Å². The second-order valence-corrected chi connectivity index (χ2v) is 9.57. The summed E-state index contributed by atoms with van der Waals surface area (Å²) in [6.45, 7) is 7.31. The minimum absolute atomic E-state index is 0.0883. The standard InChI is InChI=1S/C25H26N6O2S/c1-17-3-7-19(8-4-17)23-28-31-22(32)15-21(27-25(31)34-23)16-29-11-13-30(14-12-29)24(33)26-20-9-5-18(2)6-10-20/h3-10,15H,11-14,16H2,1-2H3,(H,26,33). The number of nitrogens with one attached hydrogen (secondary N) is 1. The smallest absolute Gasteiger partial charge is 0.321 e. The molecule has 5 rings (SSSR count). The van der Waals surface area contributed by atoms with Crippen molar-refractivity contribution in [3.63, 3.8) is 0 Å². The number of carbonyl (C=O) groups is 1. The Balaban J connectivity index is 1.22. The summed E-state index contributed by atoms with van der Waals surface area (Å²) < 4.78 is 1.37. The average Bonchev–Trinajstić information content (AvgIpc) is 3.26. The maximum Gasteiger partial charge on any atom is 0.321 e. The first kappa shape index (κ1) is 22.2. The van der Waals surface area contributed by atoms with Gasteiger partial charge >= 0.3 is 6.03 Å². The first-order chi connectivity index (χ1) is 16.4. The van der Waals surface area contributed by atoms with Crippen LogP contribution in [0.15, 0.2) is 59.4 Å². The van der Waals surface area contributed by atoms with E-state index in [9.17, 15) is 9.59 Å². The molecule has 0 aliphatic carbocycles. The Bertz CT molecular complexity index is 1370. The highest BCUT2D eigenvalue weighted by Gasteiger charge is 2.22. The van der Waals surface area contributed by atoms with Crippen LogP contribution in [0.1, 0.15) is 16.8 Å². The SMILES string of the molecule is Cc1ccc(NC(=O)N2CCN(Cc3cc(=O)n4nc(-c5ccc(C)cc5)sc4n3)CC2)cc1. The molecule has 0 atom stereocenters. The zero-order chi connectivity index (χ0) is 23.7. The molecule has 0 spiro atoms. The van der Waals surface area contributed by atoms with E-state index >= 15 is 0 Å². The molecule has 1 aliphatic heterocycles. The van der Waals surface area contributed by atoms with Crippen molar-refractivity contribution in [3.05, 3.63) is 81.8 Å². The van der Waals surface area contributed by atoms with E-state index in [0.29, 0.717) is 24.6 Å². The van der Waals surface area contributed by atoms with Crippen LogP contribution in [0.4, 0.5) is 10.5 Å². The zero-order valence-electron chi connectivity index (χ0n) is 19.2. The lowest BCUT2D eigenvalue weighted by atomic mass is 10.2. The Hall–Kier alpha value is -3.56. The maximum atomic E-state index is 12.7. The summed E-state index contributed by atoms with van der Waals surface area (Å²) in [5.41, 5.74) is 4.65. The number of piperazine rings is 1. The average molecular weight is 475 g/mol. The maximum absolute atomic E-state index is 12.7. The van der Waals surface area contributed by atoms with Gasteiger partial charge in [-0.3, -0.25) is 9.69 Å². The molecule has 174 valence electrons. The van der Waals surface area contributed by atoms with Gasteiger partial charge in [0.2, 0.25) is 4.96 Å². The van der Waals surface area contributed by atoms with Gasteiger partial charge in [0.15, 0.2) is 0 Å². The largest absolute Gasteiger partial charge is 0.322 e. The van der Waals surface area contributed by atoms with Crippen molar-refractivity contribution in [1.29, 1.82) is 0 Å². The van der Waals surface area contributed by atoms with Crippen molar-refractivity contribution >= 4 is 28.0 Å². The van der Waals surface area contributed by atoms with Gasteiger partial charge < -0.3 is 10.2 Å². The molecule has 1 aliphatic rings. The van der Waals surface area contributed by atoms with Crippen LogP contribution >= 0.6 is 11.3 Å². The molecule has 34 heavy (non-hydrogen) atoms. The predicted octanol–water partition coefficient (Wildman–Crippen LogP) is 3.78. The summed E-state index contributed by atoms with van der Waals surface area (Å²) in [7, 11) is 0. The third-order valence-electron chi connectivity index (χ3n) is 5.94. The molecule has 0 radical (unpaired) electrons. The Morgan fingerprint density at radius 3 is 2.29 bits per heavy atom. The van der Waals surface area contributed by atoms with E-state index in [0.717, 1.165) is 40.6 Å². The van der Waals surface area contributed by atoms with Crippen molar-refractivity contribution in [2.45, 2.75) is 20.4 Å². The van der Waals surface area contributed by atoms with Gasteiger partial charge in [0.1, 0.15) is 5.01 Å². The third-order valence-corrected chi connectivity index (χ3v) is 6.90. The molecule has 0 unspecified atom stereocenters. The van der Waals surface area contributed by atoms with Crippen molar-refractivity contribution in [3.8, 4) is 10.6 Å². The number of urea groups is 1. The lowest BCUT2D eigenvalue weighted by molar-refractivity contribution is 0.142. The Morgan fingerprint density at radius 1 is 0.971 bits per heavy atom. The fraction of sp³-hybridized carbons (Fsp3) is 0.280. The summed E-state index contributed by atoms with van der Waals surface area (Å²) in [4.78, 5) is 34.6. The van der Waals surface area contributed by atoms with E-state index in [1.54, 1.807) is 6.07 Å². The predicted molar refractivity (Wildman–Crippen MR) is 134 cm³/mol. The summed E-state index contributed by atoms with van der Waals surface area (Å²) in [5, 5.41) is 8.19. The van der Waals surface area contributed by atoms with Crippen molar-refractivity contribution in [2.24, 2.45) is 0 Å². The molecule has 2 amide bonds. The minimum Gasteiger partial charge on any atom is -0.322 e. The van der Waals surface area contributed by atoms with Crippen molar-refractivity contribution in [2.75, 3.05) is 31.5 Å². The second-order valence-electron chi connectivity index (χ2n) is 8.61. The fourth-order valence-corrected chi connectivity index (χ4v) is 4.86. The van der Waals surface area contributed by atoms with Crippen molar-refractivity contribution in [1.82, 2.24) is 24.4 Å². The zero-order valence-corrected chi connectivity index (χ0v) is 20.0. The molecule has 8 nitrogen and oxygen atoms in total. The lowest BCUT2D eigenvalue weighted by Crippen LogP contribution is -2.49. The summed E-state index contributed by atoms with van der Waals surface area (Å²) in [6.07, 6.45) is 0. The molecule has 1 N–H and O–H groups in total. The van der Waals surface area contributed by atoms with Crippen LogP contribution in [-0.2, 0) is 6.54 Å². The lowest BCUT2D eigenvalue weighted by Gasteiger charge is -2.34. The fourth-order valence-electron chi connectivity index (χ4n) is 3.93. The molecule has 3 heterocycles. The molecule has 9 heteroatoms. The molecule has 1 saturated heterocycles. The van der Waals surface area contributed by atoms with Gasteiger partial charge in [-0.2, -0.15) is 9.61 Å². The highest BCUT2D eigenvalue weighted by Crippen LogP contribution is 2.24. The number of hydrogen-bond donors (Lipinski definition) is 1.